The van der Waals surface area contributed by atoms with Gasteiger partial charge in [0.05, 0.1) is 0 Å². The Labute approximate surface area is 88.9 Å². The molecule has 0 amide bonds. The molecule has 0 saturated carbocycles. The van der Waals surface area contributed by atoms with Crippen molar-refractivity contribution in [3.63, 3.8) is 0 Å². The van der Waals surface area contributed by atoms with Crippen molar-refractivity contribution in [2.45, 2.75) is 6.92 Å². The molecular formula is C13H14S. The average molecular weight is 202 g/mol. The molecule has 1 rings (SSSR count). The molecule has 0 aliphatic carbocycles. The first-order valence-electron chi connectivity index (χ1n) is 4.42. The van der Waals surface area contributed by atoms with Gasteiger partial charge in [0.2, 0.25) is 0 Å². The van der Waals surface area contributed by atoms with Crippen molar-refractivity contribution >= 4 is 29.6 Å². The van der Waals surface area contributed by atoms with Crippen LogP contribution in [0.4, 0.5) is 0 Å². The van der Waals surface area contributed by atoms with Crippen LogP contribution in [0.15, 0.2) is 31.9 Å². The predicted octanol–water partition coefficient (Wildman–Crippen LogP) is 2.63. The maximum atomic E-state index is 3.82. The van der Waals surface area contributed by atoms with E-state index in [4.69, 9.17) is 0 Å². The van der Waals surface area contributed by atoms with Gasteiger partial charge in [-0.15, -0.1) is 11.3 Å². The van der Waals surface area contributed by atoms with Crippen molar-refractivity contribution in [2.24, 2.45) is 0 Å². The maximum absolute atomic E-state index is 3.82. The van der Waals surface area contributed by atoms with Gasteiger partial charge in [0.15, 0.2) is 0 Å². The van der Waals surface area contributed by atoms with Crippen LogP contribution >= 0.6 is 11.3 Å². The van der Waals surface area contributed by atoms with E-state index in [2.05, 4.69) is 26.7 Å². The van der Waals surface area contributed by atoms with Gasteiger partial charge >= 0.3 is 0 Å². The third kappa shape index (κ3) is 1.94. The summed E-state index contributed by atoms with van der Waals surface area (Å²) in [6.45, 7) is 13.3. The third-order valence-electron chi connectivity index (χ3n) is 1.96. The molecule has 0 radical (unpaired) electrons. The van der Waals surface area contributed by atoms with Gasteiger partial charge < -0.3 is 0 Å². The Bertz CT molecular complexity index is 472. The number of hydrogen-bond acceptors (Lipinski definition) is 1. The molecule has 0 aromatic carbocycles. The van der Waals surface area contributed by atoms with E-state index in [1.165, 1.54) is 20.2 Å². The highest BCUT2D eigenvalue weighted by Crippen LogP contribution is 2.07. The summed E-state index contributed by atoms with van der Waals surface area (Å²) in [5.41, 5.74) is 1.20. The van der Waals surface area contributed by atoms with E-state index in [1.807, 2.05) is 18.2 Å². The molecule has 0 fully saturated rings. The zero-order valence-corrected chi connectivity index (χ0v) is 9.23. The molecule has 0 nitrogen and oxygen atoms in total. The second-order valence-electron chi connectivity index (χ2n) is 2.86. The molecule has 1 heterocycles. The van der Waals surface area contributed by atoms with Crippen LogP contribution in [0.25, 0.3) is 18.2 Å². The van der Waals surface area contributed by atoms with Crippen molar-refractivity contribution in [2.75, 3.05) is 0 Å². The van der Waals surface area contributed by atoms with Gasteiger partial charge in [-0.25, -0.2) is 0 Å². The fourth-order valence-corrected chi connectivity index (χ4v) is 2.46. The van der Waals surface area contributed by atoms with Crippen LogP contribution in [0.2, 0.25) is 0 Å². The minimum Gasteiger partial charge on any atom is -0.140 e. The number of hydrogen-bond donors (Lipinski definition) is 0. The summed E-state index contributed by atoms with van der Waals surface area (Å²) in [5.74, 6) is 0. The third-order valence-corrected chi connectivity index (χ3v) is 3.06. The zero-order valence-electron chi connectivity index (χ0n) is 8.42. The Morgan fingerprint density at radius 1 is 1.07 bits per heavy atom. The first kappa shape index (κ1) is 10.7. The molecule has 0 unspecified atom stereocenters. The fraction of sp³-hybridized carbons (Fsp3) is 0.0769. The summed E-state index contributed by atoms with van der Waals surface area (Å²) in [6.07, 6.45) is 9.52. The molecular weight excluding hydrogens is 188 g/mol. The fourth-order valence-electron chi connectivity index (χ4n) is 1.37. The number of allylic oxidation sites excluding steroid dienone is 2. The first-order valence-corrected chi connectivity index (χ1v) is 5.23. The smallest absolute Gasteiger partial charge is 0.0351 e. The van der Waals surface area contributed by atoms with Crippen LogP contribution < -0.4 is 9.75 Å². The molecule has 0 bridgehead atoms. The van der Waals surface area contributed by atoms with Crippen molar-refractivity contribution < 1.29 is 0 Å². The van der Waals surface area contributed by atoms with E-state index < -0.39 is 0 Å². The Balaban J connectivity index is 3.71. The molecule has 72 valence electrons. The van der Waals surface area contributed by atoms with Gasteiger partial charge in [-0.2, -0.15) is 0 Å². The summed E-state index contributed by atoms with van der Waals surface area (Å²) in [7, 11) is 0. The van der Waals surface area contributed by atoms with E-state index >= 15 is 0 Å². The van der Waals surface area contributed by atoms with E-state index in [9.17, 15) is 0 Å². The Kier molecular flexibility index (Phi) is 3.66. The molecule has 0 atom stereocenters. The summed E-state index contributed by atoms with van der Waals surface area (Å²) in [5, 5.41) is 1.19. The lowest BCUT2D eigenvalue weighted by atomic mass is 10.2. The van der Waals surface area contributed by atoms with E-state index in [-0.39, 0.29) is 0 Å². The largest absolute Gasteiger partial charge is 0.140 e. The van der Waals surface area contributed by atoms with E-state index in [0.717, 1.165) is 0 Å². The second-order valence-corrected chi connectivity index (χ2v) is 4.12. The van der Waals surface area contributed by atoms with E-state index in [0.29, 0.717) is 0 Å². The number of thiophene rings is 1. The highest BCUT2D eigenvalue weighted by atomic mass is 32.1. The molecule has 1 aromatic heterocycles. The van der Waals surface area contributed by atoms with Gasteiger partial charge in [0.1, 0.15) is 0 Å². The Hall–Kier alpha value is -1.34. The average Bonchev–Trinajstić information content (AvgIpc) is 2.44. The monoisotopic (exact) mass is 202 g/mol. The molecule has 1 aromatic rings. The summed E-state index contributed by atoms with van der Waals surface area (Å²) in [6, 6.07) is 0. The van der Waals surface area contributed by atoms with Gasteiger partial charge in [-0.05, 0) is 23.8 Å². The Morgan fingerprint density at radius 2 is 1.71 bits per heavy atom. The molecule has 1 heteroatoms. The van der Waals surface area contributed by atoms with Gasteiger partial charge in [0.25, 0.3) is 0 Å². The topological polar surface area (TPSA) is 0 Å². The van der Waals surface area contributed by atoms with Crippen LogP contribution in [0, 0.1) is 6.92 Å². The summed E-state index contributed by atoms with van der Waals surface area (Å²) >= 11 is 1.75. The first-order chi connectivity index (χ1) is 6.74. The molecule has 0 saturated heterocycles. The van der Waals surface area contributed by atoms with Gasteiger partial charge in [0, 0.05) is 9.41 Å². The molecule has 0 aliphatic rings. The quantitative estimate of drug-likeness (QED) is 0.707. The zero-order chi connectivity index (χ0) is 10.6. The van der Waals surface area contributed by atoms with Crippen LogP contribution in [0.3, 0.4) is 0 Å². The van der Waals surface area contributed by atoms with Crippen LogP contribution in [-0.4, -0.2) is 0 Å². The maximum Gasteiger partial charge on any atom is 0.0351 e. The molecule has 0 spiro atoms. The van der Waals surface area contributed by atoms with Gasteiger partial charge in [-0.3, -0.25) is 0 Å². The Morgan fingerprint density at radius 3 is 2.21 bits per heavy atom. The highest BCUT2D eigenvalue weighted by molar-refractivity contribution is 7.10. The lowest BCUT2D eigenvalue weighted by Crippen LogP contribution is -2.19. The van der Waals surface area contributed by atoms with E-state index in [1.54, 1.807) is 23.5 Å². The van der Waals surface area contributed by atoms with Crippen LogP contribution in [-0.2, 0) is 0 Å². The lowest BCUT2D eigenvalue weighted by molar-refractivity contribution is 1.55. The molecule has 0 aliphatic heterocycles. The number of rotatable bonds is 3. The van der Waals surface area contributed by atoms with Crippen molar-refractivity contribution in [1.29, 1.82) is 0 Å². The summed E-state index contributed by atoms with van der Waals surface area (Å²) < 4.78 is 1.22. The van der Waals surface area contributed by atoms with Crippen molar-refractivity contribution in [1.82, 2.24) is 0 Å². The van der Waals surface area contributed by atoms with Gasteiger partial charge in [-0.1, -0.05) is 44.0 Å². The molecule has 14 heavy (non-hydrogen) atoms. The standard InChI is InChI=1S/C13H14S/c1-5-8-12-11(7-3)10(4)14-13(12)9-6-2/h5-9H,1-3H2,4H3/b12-8-,13-9+. The van der Waals surface area contributed by atoms with Crippen molar-refractivity contribution in [3.05, 3.63) is 52.1 Å². The van der Waals surface area contributed by atoms with Crippen LogP contribution in [0.5, 0.6) is 0 Å². The minimum absolute atomic E-state index is 1.19. The lowest BCUT2D eigenvalue weighted by Gasteiger charge is -1.87. The normalized spacial score (nSPS) is 12.9. The van der Waals surface area contributed by atoms with Crippen molar-refractivity contribution in [3.8, 4) is 0 Å². The highest BCUT2D eigenvalue weighted by Gasteiger charge is 2.00. The number of aryl methyl sites for hydroxylation is 1. The van der Waals surface area contributed by atoms with Crippen LogP contribution in [0.1, 0.15) is 10.4 Å². The molecule has 0 N–H and O–H groups in total. The summed E-state index contributed by atoms with van der Waals surface area (Å²) in [4.78, 5) is 1.28. The second kappa shape index (κ2) is 4.77. The SMILES string of the molecule is C=C/C=c1/c(C=C)c(C)s/c1=C/C=C. The minimum atomic E-state index is 1.19. The predicted molar refractivity (Wildman–Crippen MR) is 67.7 cm³/mol.